The van der Waals surface area contributed by atoms with Crippen LogP contribution in [-0.4, -0.2) is 29.0 Å². The van der Waals surface area contributed by atoms with Crippen LogP contribution in [0.1, 0.15) is 34.7 Å². The highest BCUT2D eigenvalue weighted by Gasteiger charge is 2.39. The van der Waals surface area contributed by atoms with Crippen LogP contribution < -0.4 is 5.32 Å². The third-order valence-corrected chi connectivity index (χ3v) is 5.17. The molecule has 0 saturated heterocycles. The van der Waals surface area contributed by atoms with Crippen molar-refractivity contribution in [2.75, 3.05) is 7.05 Å². The number of nitrogens with zero attached hydrogens (tertiary/aromatic N) is 2. The van der Waals surface area contributed by atoms with Gasteiger partial charge in [-0.05, 0) is 30.5 Å². The van der Waals surface area contributed by atoms with Crippen LogP contribution >= 0.6 is 11.3 Å². The Morgan fingerprint density at radius 1 is 1.43 bits per heavy atom. The first-order chi connectivity index (χ1) is 11.1. The van der Waals surface area contributed by atoms with Crippen LogP contribution in [0.4, 0.5) is 9.18 Å². The van der Waals surface area contributed by atoms with Crippen molar-refractivity contribution in [1.29, 1.82) is 0 Å². The summed E-state index contributed by atoms with van der Waals surface area (Å²) in [7, 11) is 1.79. The summed E-state index contributed by atoms with van der Waals surface area (Å²) < 4.78 is 12.9. The maximum Gasteiger partial charge on any atom is 0.317 e. The number of halogens is 1. The van der Waals surface area contributed by atoms with Gasteiger partial charge in [0.1, 0.15) is 5.82 Å². The highest BCUT2D eigenvalue weighted by Crippen LogP contribution is 2.40. The number of benzene rings is 1. The first kappa shape index (κ1) is 15.9. The molecular formula is C17H20FN3OS. The summed E-state index contributed by atoms with van der Waals surface area (Å²) in [5, 5.41) is 4.13. The fraction of sp³-hybridized carbons (Fsp3) is 0.412. The molecule has 1 aromatic carbocycles. The van der Waals surface area contributed by atoms with Crippen LogP contribution in [0.5, 0.6) is 0 Å². The second-order valence-corrected chi connectivity index (χ2v) is 7.08. The van der Waals surface area contributed by atoms with Crippen molar-refractivity contribution >= 4 is 17.4 Å². The second kappa shape index (κ2) is 6.66. The molecule has 0 bridgehead atoms. The third-order valence-electron chi connectivity index (χ3n) is 4.04. The molecule has 4 nitrogen and oxygen atoms in total. The molecule has 6 heteroatoms. The molecule has 0 spiro atoms. The number of thiazole rings is 1. The van der Waals surface area contributed by atoms with E-state index in [1.165, 1.54) is 12.1 Å². The average molecular weight is 333 g/mol. The molecule has 1 heterocycles. The number of carbonyl (C=O) groups is 1. The minimum absolute atomic E-state index is 0.0777. The molecule has 0 aliphatic heterocycles. The number of nitrogens with one attached hydrogen (secondary N) is 1. The van der Waals surface area contributed by atoms with Crippen molar-refractivity contribution in [3.8, 4) is 0 Å². The van der Waals surface area contributed by atoms with E-state index in [1.807, 2.05) is 6.20 Å². The van der Waals surface area contributed by atoms with Gasteiger partial charge >= 0.3 is 6.03 Å². The van der Waals surface area contributed by atoms with Crippen molar-refractivity contribution < 1.29 is 9.18 Å². The van der Waals surface area contributed by atoms with E-state index in [-0.39, 0.29) is 17.9 Å². The van der Waals surface area contributed by atoms with Crippen LogP contribution in [0.2, 0.25) is 0 Å². The molecule has 23 heavy (non-hydrogen) atoms. The normalized spacial score (nSPS) is 19.4. The lowest BCUT2D eigenvalue weighted by atomic mass is 10.1. The Labute approximate surface area is 139 Å². The minimum atomic E-state index is -0.231. The molecule has 0 unspecified atom stereocenters. The maximum atomic E-state index is 12.9. The van der Waals surface area contributed by atoms with E-state index < -0.39 is 0 Å². The number of urea groups is 1. The summed E-state index contributed by atoms with van der Waals surface area (Å²) in [6, 6.07) is 6.58. The molecule has 1 aromatic heterocycles. The smallest absolute Gasteiger partial charge is 0.317 e. The van der Waals surface area contributed by atoms with Gasteiger partial charge in [0.2, 0.25) is 0 Å². The Balaban J connectivity index is 1.50. The number of hydrogen-bond donors (Lipinski definition) is 1. The minimum Gasteiger partial charge on any atom is -0.335 e. The molecule has 1 N–H and O–H groups in total. The molecule has 0 radical (unpaired) electrons. The Hall–Kier alpha value is -1.95. The predicted molar refractivity (Wildman–Crippen MR) is 89.0 cm³/mol. The first-order valence-corrected chi connectivity index (χ1v) is 8.59. The number of aromatic nitrogens is 1. The first-order valence-electron chi connectivity index (χ1n) is 7.77. The van der Waals surface area contributed by atoms with Gasteiger partial charge in [-0.3, -0.25) is 0 Å². The SMILES string of the molecule is CCc1ncc(CN(C)C(=O)N[C@H]2C[C@@H]2c2ccc(F)cc2)s1. The van der Waals surface area contributed by atoms with Crippen molar-refractivity contribution in [2.45, 2.75) is 38.3 Å². The molecule has 1 saturated carbocycles. The number of amides is 2. The molecule has 2 aromatic rings. The Morgan fingerprint density at radius 3 is 2.83 bits per heavy atom. The van der Waals surface area contributed by atoms with Crippen molar-refractivity contribution in [3.63, 3.8) is 0 Å². The van der Waals surface area contributed by atoms with Crippen LogP contribution in [0, 0.1) is 5.82 Å². The zero-order chi connectivity index (χ0) is 16.4. The number of carbonyl (C=O) groups excluding carboxylic acids is 1. The third kappa shape index (κ3) is 3.88. The van der Waals surface area contributed by atoms with Gasteiger partial charge in [-0.1, -0.05) is 19.1 Å². The van der Waals surface area contributed by atoms with Gasteiger partial charge in [0.25, 0.3) is 0 Å². The molecule has 3 rings (SSSR count). The average Bonchev–Trinajstić information content (AvgIpc) is 3.15. The maximum absolute atomic E-state index is 12.9. The van der Waals surface area contributed by atoms with E-state index in [0.29, 0.717) is 12.5 Å². The molecule has 1 fully saturated rings. The summed E-state index contributed by atoms with van der Waals surface area (Å²) in [4.78, 5) is 19.3. The van der Waals surface area contributed by atoms with E-state index >= 15 is 0 Å². The van der Waals surface area contributed by atoms with Crippen LogP contribution in [0.25, 0.3) is 0 Å². The fourth-order valence-corrected chi connectivity index (χ4v) is 3.51. The Morgan fingerprint density at radius 2 is 2.17 bits per heavy atom. The zero-order valence-electron chi connectivity index (χ0n) is 13.3. The fourth-order valence-electron chi connectivity index (χ4n) is 2.59. The van der Waals surface area contributed by atoms with Gasteiger partial charge in [-0.2, -0.15) is 0 Å². The Kier molecular flexibility index (Phi) is 4.61. The number of aryl methyl sites for hydroxylation is 1. The van der Waals surface area contributed by atoms with E-state index in [1.54, 1.807) is 35.4 Å². The van der Waals surface area contributed by atoms with E-state index in [0.717, 1.165) is 28.3 Å². The van der Waals surface area contributed by atoms with Crippen molar-refractivity contribution in [3.05, 3.63) is 51.7 Å². The second-order valence-electron chi connectivity index (χ2n) is 5.88. The van der Waals surface area contributed by atoms with Gasteiger partial charge in [0.05, 0.1) is 11.6 Å². The number of rotatable bonds is 5. The molecule has 1 aliphatic rings. The van der Waals surface area contributed by atoms with Gasteiger partial charge in [-0.15, -0.1) is 11.3 Å². The summed E-state index contributed by atoms with van der Waals surface area (Å²) in [5.41, 5.74) is 1.08. The van der Waals surface area contributed by atoms with Crippen molar-refractivity contribution in [1.82, 2.24) is 15.2 Å². The van der Waals surface area contributed by atoms with Crippen LogP contribution in [0.15, 0.2) is 30.5 Å². The summed E-state index contributed by atoms with van der Waals surface area (Å²) >= 11 is 1.64. The number of hydrogen-bond acceptors (Lipinski definition) is 3. The van der Waals surface area contributed by atoms with E-state index in [4.69, 9.17) is 0 Å². The summed E-state index contributed by atoms with van der Waals surface area (Å²) in [6.45, 7) is 2.64. The lowest BCUT2D eigenvalue weighted by Gasteiger charge is -2.17. The zero-order valence-corrected chi connectivity index (χ0v) is 14.1. The summed E-state index contributed by atoms with van der Waals surface area (Å²) in [5.74, 6) is 0.0637. The monoisotopic (exact) mass is 333 g/mol. The standard InChI is InChI=1S/C17H20FN3OS/c1-3-16-19-9-13(23-16)10-21(2)17(22)20-15-8-14(15)11-4-6-12(18)7-5-11/h4-7,9,14-15H,3,8,10H2,1-2H3,(H,20,22)/t14-,15+/m1/s1. The van der Waals surface area contributed by atoms with Gasteiger partial charge < -0.3 is 10.2 Å². The Bertz CT molecular complexity index is 685. The van der Waals surface area contributed by atoms with E-state index in [9.17, 15) is 9.18 Å². The predicted octanol–water partition coefficient (Wildman–Crippen LogP) is 3.54. The molecule has 1 aliphatic carbocycles. The summed E-state index contributed by atoms with van der Waals surface area (Å²) in [6.07, 6.45) is 3.67. The lowest BCUT2D eigenvalue weighted by Crippen LogP contribution is -2.38. The largest absolute Gasteiger partial charge is 0.335 e. The molecule has 2 atom stereocenters. The van der Waals surface area contributed by atoms with Gasteiger partial charge in [-0.25, -0.2) is 14.2 Å². The van der Waals surface area contributed by atoms with Crippen LogP contribution in [-0.2, 0) is 13.0 Å². The highest BCUT2D eigenvalue weighted by molar-refractivity contribution is 7.11. The molecule has 2 amide bonds. The van der Waals surface area contributed by atoms with Gasteiger partial charge in [0, 0.05) is 30.1 Å². The van der Waals surface area contributed by atoms with Crippen LogP contribution in [0.3, 0.4) is 0 Å². The molecular weight excluding hydrogens is 313 g/mol. The van der Waals surface area contributed by atoms with Gasteiger partial charge in [0.15, 0.2) is 0 Å². The van der Waals surface area contributed by atoms with E-state index in [2.05, 4.69) is 17.2 Å². The topological polar surface area (TPSA) is 45.2 Å². The highest BCUT2D eigenvalue weighted by atomic mass is 32.1. The lowest BCUT2D eigenvalue weighted by molar-refractivity contribution is 0.206. The quantitative estimate of drug-likeness (QED) is 0.909. The molecule has 122 valence electrons. The van der Waals surface area contributed by atoms with Crippen molar-refractivity contribution in [2.24, 2.45) is 0 Å².